The van der Waals surface area contributed by atoms with E-state index in [0.29, 0.717) is 22.7 Å². The van der Waals surface area contributed by atoms with Crippen molar-refractivity contribution in [2.24, 2.45) is 0 Å². The van der Waals surface area contributed by atoms with E-state index < -0.39 is 0 Å². The van der Waals surface area contributed by atoms with Gasteiger partial charge >= 0.3 is 0 Å². The number of carbonyl (C=O) groups excluding carboxylic acids is 1. The Hall–Kier alpha value is -4.00. The number of fused-ring (bicyclic) bond motifs is 2. The normalized spacial score (nSPS) is 11.5. The van der Waals surface area contributed by atoms with Crippen molar-refractivity contribution in [2.75, 3.05) is 5.32 Å². The van der Waals surface area contributed by atoms with Crippen molar-refractivity contribution in [3.05, 3.63) is 72.1 Å². The average Bonchev–Trinajstić information content (AvgIpc) is 3.37. The molecule has 0 atom stereocenters. The van der Waals surface area contributed by atoms with E-state index in [1.165, 1.54) is 0 Å². The summed E-state index contributed by atoms with van der Waals surface area (Å²) in [6, 6.07) is 17.5. The maximum atomic E-state index is 13.3. The van der Waals surface area contributed by atoms with Crippen LogP contribution in [0.5, 0.6) is 0 Å². The minimum atomic E-state index is -0.206. The molecule has 5 rings (SSSR count). The number of aromatic nitrogens is 5. The Morgan fingerprint density at radius 3 is 2.65 bits per heavy atom. The molecule has 7 nitrogen and oxygen atoms in total. The summed E-state index contributed by atoms with van der Waals surface area (Å²) in [7, 11) is 0. The van der Waals surface area contributed by atoms with Gasteiger partial charge in [-0.2, -0.15) is 5.10 Å². The number of rotatable bonds is 4. The average molecular weight is 410 g/mol. The Morgan fingerprint density at radius 2 is 1.84 bits per heavy atom. The largest absolute Gasteiger partial charge is 0.338 e. The standard InChI is InChI=1S/C24H22N6O/c1-14(2)30-23-18(13-25-30)17(12-15(3)26-23)24(31)29-19-9-5-4-8-16(19)22-27-20-10-6-7-11-21(20)28-22/h4-14H,1-3H3,(H,27,28)(H,29,31). The van der Waals surface area contributed by atoms with Crippen LogP contribution in [0.4, 0.5) is 5.69 Å². The SMILES string of the molecule is Cc1cc(C(=O)Nc2ccccc2-c2nc3ccccc3[nH]2)c2cnn(C(C)C)c2n1. The fourth-order valence-electron chi connectivity index (χ4n) is 3.78. The Bertz CT molecular complexity index is 1400. The van der Waals surface area contributed by atoms with Crippen LogP contribution >= 0.6 is 0 Å². The van der Waals surface area contributed by atoms with E-state index in [2.05, 4.69) is 25.4 Å². The van der Waals surface area contributed by atoms with Crippen molar-refractivity contribution in [2.45, 2.75) is 26.8 Å². The molecule has 0 saturated heterocycles. The lowest BCUT2D eigenvalue weighted by Gasteiger charge is -2.11. The molecule has 0 radical (unpaired) electrons. The van der Waals surface area contributed by atoms with Gasteiger partial charge in [-0.05, 0) is 51.1 Å². The molecule has 0 unspecified atom stereocenters. The zero-order chi connectivity index (χ0) is 21.5. The van der Waals surface area contributed by atoms with E-state index in [9.17, 15) is 4.79 Å². The molecular weight excluding hydrogens is 388 g/mol. The number of hydrogen-bond donors (Lipinski definition) is 2. The molecule has 31 heavy (non-hydrogen) atoms. The van der Waals surface area contributed by atoms with Crippen LogP contribution in [0.15, 0.2) is 60.8 Å². The predicted molar refractivity (Wildman–Crippen MR) is 122 cm³/mol. The molecule has 0 aliphatic heterocycles. The Labute approximate surface area is 179 Å². The molecule has 0 aliphatic carbocycles. The van der Waals surface area contributed by atoms with Crippen LogP contribution in [-0.2, 0) is 0 Å². The minimum absolute atomic E-state index is 0.150. The number of aryl methyl sites for hydroxylation is 1. The van der Waals surface area contributed by atoms with Crippen molar-refractivity contribution in [1.82, 2.24) is 24.7 Å². The van der Waals surface area contributed by atoms with Gasteiger partial charge in [0.15, 0.2) is 5.65 Å². The van der Waals surface area contributed by atoms with Crippen molar-refractivity contribution < 1.29 is 4.79 Å². The lowest BCUT2D eigenvalue weighted by Crippen LogP contribution is -2.14. The fraction of sp³-hybridized carbons (Fsp3) is 0.167. The molecule has 154 valence electrons. The number of carbonyl (C=O) groups is 1. The smallest absolute Gasteiger partial charge is 0.256 e. The molecule has 0 saturated carbocycles. The highest BCUT2D eigenvalue weighted by atomic mass is 16.1. The summed E-state index contributed by atoms with van der Waals surface area (Å²) >= 11 is 0. The van der Waals surface area contributed by atoms with Gasteiger partial charge in [0, 0.05) is 17.3 Å². The van der Waals surface area contributed by atoms with Crippen LogP contribution < -0.4 is 5.32 Å². The van der Waals surface area contributed by atoms with Crippen LogP contribution in [0.1, 0.15) is 35.9 Å². The van der Waals surface area contributed by atoms with E-state index in [4.69, 9.17) is 0 Å². The summed E-state index contributed by atoms with van der Waals surface area (Å²) in [6.07, 6.45) is 1.71. The number of pyridine rings is 1. The predicted octanol–water partition coefficient (Wildman–Crippen LogP) is 5.12. The van der Waals surface area contributed by atoms with Crippen LogP contribution in [-0.4, -0.2) is 30.6 Å². The summed E-state index contributed by atoms with van der Waals surface area (Å²) in [4.78, 5) is 25.9. The number of H-pyrrole nitrogens is 1. The third kappa shape index (κ3) is 3.34. The lowest BCUT2D eigenvalue weighted by molar-refractivity contribution is 0.102. The first-order chi connectivity index (χ1) is 15.0. The summed E-state index contributed by atoms with van der Waals surface area (Å²) in [6.45, 7) is 5.97. The van der Waals surface area contributed by atoms with Crippen molar-refractivity contribution in [3.8, 4) is 11.4 Å². The fourth-order valence-corrected chi connectivity index (χ4v) is 3.78. The quantitative estimate of drug-likeness (QED) is 0.431. The maximum absolute atomic E-state index is 13.3. The first-order valence-corrected chi connectivity index (χ1v) is 10.2. The van der Waals surface area contributed by atoms with E-state index in [-0.39, 0.29) is 11.9 Å². The van der Waals surface area contributed by atoms with Gasteiger partial charge in [-0.25, -0.2) is 14.6 Å². The van der Waals surface area contributed by atoms with Crippen LogP contribution in [0.25, 0.3) is 33.5 Å². The van der Waals surface area contributed by atoms with Crippen molar-refractivity contribution in [1.29, 1.82) is 0 Å². The molecule has 1 amide bonds. The zero-order valence-electron chi connectivity index (χ0n) is 17.5. The Morgan fingerprint density at radius 1 is 1.06 bits per heavy atom. The molecule has 5 aromatic rings. The van der Waals surface area contributed by atoms with E-state index in [0.717, 1.165) is 27.7 Å². The first-order valence-electron chi connectivity index (χ1n) is 10.2. The van der Waals surface area contributed by atoms with Gasteiger partial charge in [0.05, 0.1) is 33.9 Å². The second-order valence-electron chi connectivity index (χ2n) is 7.83. The molecule has 0 aliphatic rings. The lowest BCUT2D eigenvalue weighted by atomic mass is 10.1. The third-order valence-corrected chi connectivity index (χ3v) is 5.25. The summed E-state index contributed by atoms with van der Waals surface area (Å²) < 4.78 is 1.83. The topological polar surface area (TPSA) is 88.5 Å². The molecule has 0 bridgehead atoms. The zero-order valence-corrected chi connectivity index (χ0v) is 17.5. The van der Waals surface area contributed by atoms with Gasteiger partial charge < -0.3 is 10.3 Å². The maximum Gasteiger partial charge on any atom is 0.256 e. The Balaban J connectivity index is 1.55. The Kier molecular flexibility index (Phi) is 4.51. The van der Waals surface area contributed by atoms with E-state index in [1.807, 2.05) is 74.0 Å². The molecule has 3 aromatic heterocycles. The molecule has 2 aromatic carbocycles. The highest BCUT2D eigenvalue weighted by molar-refractivity contribution is 6.13. The second-order valence-corrected chi connectivity index (χ2v) is 7.83. The minimum Gasteiger partial charge on any atom is -0.338 e. The van der Waals surface area contributed by atoms with Crippen LogP contribution in [0.2, 0.25) is 0 Å². The number of nitrogens with one attached hydrogen (secondary N) is 2. The summed E-state index contributed by atoms with van der Waals surface area (Å²) in [5.74, 6) is 0.503. The van der Waals surface area contributed by atoms with Gasteiger partial charge in [-0.3, -0.25) is 4.79 Å². The monoisotopic (exact) mass is 410 g/mol. The number of amides is 1. The molecule has 0 fully saturated rings. The van der Waals surface area contributed by atoms with Crippen molar-refractivity contribution >= 4 is 33.7 Å². The van der Waals surface area contributed by atoms with E-state index in [1.54, 1.807) is 12.3 Å². The number of aromatic amines is 1. The van der Waals surface area contributed by atoms with Crippen LogP contribution in [0.3, 0.4) is 0 Å². The molecule has 2 N–H and O–H groups in total. The van der Waals surface area contributed by atoms with Gasteiger partial charge in [0.2, 0.25) is 0 Å². The second kappa shape index (κ2) is 7.36. The summed E-state index contributed by atoms with van der Waals surface area (Å²) in [5.41, 5.74) is 5.37. The van der Waals surface area contributed by atoms with E-state index >= 15 is 0 Å². The number of benzene rings is 2. The number of imidazole rings is 1. The molecule has 0 spiro atoms. The molecular formula is C24H22N6O. The van der Waals surface area contributed by atoms with Crippen molar-refractivity contribution in [3.63, 3.8) is 0 Å². The third-order valence-electron chi connectivity index (χ3n) is 5.25. The van der Waals surface area contributed by atoms with Crippen LogP contribution in [0, 0.1) is 6.92 Å². The number of para-hydroxylation sites is 3. The molecule has 3 heterocycles. The highest BCUT2D eigenvalue weighted by Gasteiger charge is 2.18. The van der Waals surface area contributed by atoms with Gasteiger partial charge in [-0.15, -0.1) is 0 Å². The number of hydrogen-bond acceptors (Lipinski definition) is 4. The molecule has 7 heteroatoms. The van der Waals surface area contributed by atoms with Gasteiger partial charge in [-0.1, -0.05) is 24.3 Å². The highest BCUT2D eigenvalue weighted by Crippen LogP contribution is 2.29. The van der Waals surface area contributed by atoms with Gasteiger partial charge in [0.25, 0.3) is 5.91 Å². The van der Waals surface area contributed by atoms with Gasteiger partial charge in [0.1, 0.15) is 5.82 Å². The first kappa shape index (κ1) is 19.0. The number of anilines is 1. The number of nitrogens with zero attached hydrogens (tertiary/aromatic N) is 4. The summed E-state index contributed by atoms with van der Waals surface area (Å²) in [5, 5.41) is 8.23.